The highest BCUT2D eigenvalue weighted by Gasteiger charge is 2.13. The Morgan fingerprint density at radius 3 is 2.95 bits per heavy atom. The molecule has 0 radical (unpaired) electrons. The minimum Gasteiger partial charge on any atom is -0.462 e. The van der Waals surface area contributed by atoms with Crippen molar-refractivity contribution in [2.75, 3.05) is 0 Å². The van der Waals surface area contributed by atoms with E-state index in [1.54, 1.807) is 30.7 Å². The van der Waals surface area contributed by atoms with Gasteiger partial charge in [-0.15, -0.1) is 11.3 Å². The van der Waals surface area contributed by atoms with Gasteiger partial charge in [-0.2, -0.15) is 0 Å². The molecule has 0 aliphatic rings. The number of aromatic nitrogens is 2. The van der Waals surface area contributed by atoms with Gasteiger partial charge in [0.25, 0.3) is 5.91 Å². The molecule has 21 heavy (non-hydrogen) atoms. The number of nitrogens with zero attached hydrogens (tertiary/aromatic N) is 2. The van der Waals surface area contributed by atoms with E-state index < -0.39 is 0 Å². The van der Waals surface area contributed by atoms with Gasteiger partial charge in [-0.25, -0.2) is 4.98 Å². The Balaban J connectivity index is 1.70. The maximum Gasteiger partial charge on any atom is 0.270 e. The fourth-order valence-corrected chi connectivity index (χ4v) is 2.82. The highest BCUT2D eigenvalue weighted by Crippen LogP contribution is 2.28. The van der Waals surface area contributed by atoms with Crippen LogP contribution in [0.5, 0.6) is 0 Å². The lowest BCUT2D eigenvalue weighted by atomic mass is 10.3. The maximum absolute atomic E-state index is 12.0. The number of hydrogen-bond acceptors (Lipinski definition) is 5. The first kappa shape index (κ1) is 13.5. The van der Waals surface area contributed by atoms with Crippen LogP contribution in [0.15, 0.2) is 47.2 Å². The fraction of sp³-hybridized carbons (Fsp3) is 0.133. The monoisotopic (exact) mass is 299 g/mol. The van der Waals surface area contributed by atoms with Crippen LogP contribution in [-0.2, 0) is 6.54 Å². The number of pyridine rings is 1. The maximum atomic E-state index is 12.0. The first-order valence-corrected chi connectivity index (χ1v) is 7.25. The first-order chi connectivity index (χ1) is 10.2. The molecule has 5 nitrogen and oxygen atoms in total. The molecular weight excluding hydrogens is 286 g/mol. The number of carbonyl (C=O) groups is 1. The van der Waals surface area contributed by atoms with Crippen LogP contribution in [0.1, 0.15) is 21.1 Å². The lowest BCUT2D eigenvalue weighted by Crippen LogP contribution is -2.23. The molecule has 1 N–H and O–H groups in total. The molecule has 106 valence electrons. The molecule has 0 aliphatic carbocycles. The van der Waals surface area contributed by atoms with Crippen LogP contribution in [0, 0.1) is 6.92 Å². The van der Waals surface area contributed by atoms with Gasteiger partial charge in [0, 0.05) is 11.1 Å². The summed E-state index contributed by atoms with van der Waals surface area (Å²) in [6.07, 6.45) is 3.22. The van der Waals surface area contributed by atoms with Gasteiger partial charge in [-0.05, 0) is 31.2 Å². The second-order valence-corrected chi connectivity index (χ2v) is 5.49. The Kier molecular flexibility index (Phi) is 3.79. The lowest BCUT2D eigenvalue weighted by molar-refractivity contribution is 0.0946. The van der Waals surface area contributed by atoms with Crippen LogP contribution in [-0.4, -0.2) is 15.9 Å². The van der Waals surface area contributed by atoms with E-state index in [9.17, 15) is 4.79 Å². The van der Waals surface area contributed by atoms with Gasteiger partial charge in [0.05, 0.1) is 18.5 Å². The Bertz CT molecular complexity index is 736. The molecule has 3 heterocycles. The zero-order chi connectivity index (χ0) is 14.7. The molecule has 0 spiro atoms. The van der Waals surface area contributed by atoms with E-state index in [1.807, 2.05) is 19.1 Å². The van der Waals surface area contributed by atoms with Crippen molar-refractivity contribution in [3.63, 3.8) is 0 Å². The third-order valence-electron chi connectivity index (χ3n) is 2.93. The van der Waals surface area contributed by atoms with E-state index in [2.05, 4.69) is 15.3 Å². The molecule has 1 amide bonds. The number of furan rings is 1. The molecule has 0 aromatic carbocycles. The summed E-state index contributed by atoms with van der Waals surface area (Å²) >= 11 is 1.51. The molecule has 3 aromatic rings. The van der Waals surface area contributed by atoms with Crippen LogP contribution >= 0.6 is 11.3 Å². The Labute approximate surface area is 125 Å². The van der Waals surface area contributed by atoms with Gasteiger partial charge in [0.15, 0.2) is 10.8 Å². The second-order valence-electron chi connectivity index (χ2n) is 4.40. The SMILES string of the molecule is Cc1nc(-c2ccco2)sc1CNC(=O)c1ccccn1. The average Bonchev–Trinajstić information content (AvgIpc) is 3.15. The van der Waals surface area contributed by atoms with Gasteiger partial charge in [-0.1, -0.05) is 6.07 Å². The molecule has 3 rings (SSSR count). The Morgan fingerprint density at radius 1 is 1.33 bits per heavy atom. The summed E-state index contributed by atoms with van der Waals surface area (Å²) < 4.78 is 5.33. The standard InChI is InChI=1S/C15H13N3O2S/c1-10-13(21-15(18-10)12-6-4-8-20-12)9-17-14(19)11-5-2-3-7-16-11/h2-8H,9H2,1H3,(H,17,19). The quantitative estimate of drug-likeness (QED) is 0.804. The van der Waals surface area contributed by atoms with Crippen molar-refractivity contribution in [1.29, 1.82) is 0 Å². The van der Waals surface area contributed by atoms with Crippen LogP contribution in [0.4, 0.5) is 0 Å². The molecule has 0 fully saturated rings. The number of rotatable bonds is 4. The first-order valence-electron chi connectivity index (χ1n) is 6.43. The smallest absolute Gasteiger partial charge is 0.270 e. The van der Waals surface area contributed by atoms with E-state index in [-0.39, 0.29) is 5.91 Å². The summed E-state index contributed by atoms with van der Waals surface area (Å²) in [6.45, 7) is 2.35. The van der Waals surface area contributed by atoms with Crippen molar-refractivity contribution < 1.29 is 9.21 Å². The summed E-state index contributed by atoms with van der Waals surface area (Å²) in [6, 6.07) is 8.95. The van der Waals surface area contributed by atoms with Crippen LogP contribution in [0.3, 0.4) is 0 Å². The zero-order valence-electron chi connectivity index (χ0n) is 11.4. The van der Waals surface area contributed by atoms with Gasteiger partial charge in [-0.3, -0.25) is 9.78 Å². The molecular formula is C15H13N3O2S. The highest BCUT2D eigenvalue weighted by molar-refractivity contribution is 7.15. The highest BCUT2D eigenvalue weighted by atomic mass is 32.1. The number of hydrogen-bond donors (Lipinski definition) is 1. The van der Waals surface area contributed by atoms with Crippen LogP contribution in [0.25, 0.3) is 10.8 Å². The number of carbonyl (C=O) groups excluding carboxylic acids is 1. The number of amides is 1. The minimum absolute atomic E-state index is 0.192. The fourth-order valence-electron chi connectivity index (χ4n) is 1.85. The average molecular weight is 299 g/mol. The molecule has 0 bridgehead atoms. The predicted octanol–water partition coefficient (Wildman–Crippen LogP) is 3.04. The number of aryl methyl sites for hydroxylation is 1. The summed E-state index contributed by atoms with van der Waals surface area (Å²) in [4.78, 5) is 21.4. The Hall–Kier alpha value is -2.47. The van der Waals surface area contributed by atoms with E-state index in [0.29, 0.717) is 12.2 Å². The topological polar surface area (TPSA) is 68.0 Å². The number of nitrogens with one attached hydrogen (secondary N) is 1. The van der Waals surface area contributed by atoms with Gasteiger partial charge < -0.3 is 9.73 Å². The normalized spacial score (nSPS) is 10.5. The molecule has 0 atom stereocenters. The zero-order valence-corrected chi connectivity index (χ0v) is 12.2. The molecule has 0 aliphatic heterocycles. The summed E-state index contributed by atoms with van der Waals surface area (Å²) in [5.74, 6) is 0.549. The Morgan fingerprint density at radius 2 is 2.24 bits per heavy atom. The molecule has 0 saturated heterocycles. The van der Waals surface area contributed by atoms with E-state index >= 15 is 0 Å². The number of thiazole rings is 1. The second kappa shape index (κ2) is 5.88. The van der Waals surface area contributed by atoms with Crippen LogP contribution < -0.4 is 5.32 Å². The molecule has 0 unspecified atom stereocenters. The molecule has 6 heteroatoms. The summed E-state index contributed by atoms with van der Waals surface area (Å²) in [5.41, 5.74) is 1.30. The lowest BCUT2D eigenvalue weighted by Gasteiger charge is -2.02. The van der Waals surface area contributed by atoms with Crippen molar-refractivity contribution in [3.05, 3.63) is 59.1 Å². The van der Waals surface area contributed by atoms with Crippen molar-refractivity contribution in [1.82, 2.24) is 15.3 Å². The van der Waals surface area contributed by atoms with E-state index in [0.717, 1.165) is 21.3 Å². The molecule has 3 aromatic heterocycles. The molecule has 0 saturated carbocycles. The van der Waals surface area contributed by atoms with E-state index in [1.165, 1.54) is 11.3 Å². The van der Waals surface area contributed by atoms with Crippen molar-refractivity contribution in [2.24, 2.45) is 0 Å². The van der Waals surface area contributed by atoms with Crippen molar-refractivity contribution >= 4 is 17.2 Å². The van der Waals surface area contributed by atoms with Crippen LogP contribution in [0.2, 0.25) is 0 Å². The van der Waals surface area contributed by atoms with E-state index in [4.69, 9.17) is 4.42 Å². The minimum atomic E-state index is -0.192. The summed E-state index contributed by atoms with van der Waals surface area (Å²) in [5, 5.41) is 3.67. The largest absolute Gasteiger partial charge is 0.462 e. The summed E-state index contributed by atoms with van der Waals surface area (Å²) in [7, 11) is 0. The predicted molar refractivity (Wildman–Crippen MR) is 80.0 cm³/mol. The van der Waals surface area contributed by atoms with Crippen molar-refractivity contribution in [2.45, 2.75) is 13.5 Å². The van der Waals surface area contributed by atoms with Crippen molar-refractivity contribution in [3.8, 4) is 10.8 Å². The van der Waals surface area contributed by atoms with Gasteiger partial charge in [0.2, 0.25) is 0 Å². The van der Waals surface area contributed by atoms with Gasteiger partial charge in [0.1, 0.15) is 5.69 Å². The van der Waals surface area contributed by atoms with Gasteiger partial charge >= 0.3 is 0 Å². The third-order valence-corrected chi connectivity index (χ3v) is 4.10. The third kappa shape index (κ3) is 3.00.